The van der Waals surface area contributed by atoms with Crippen LogP contribution in [-0.4, -0.2) is 33.5 Å². The Morgan fingerprint density at radius 1 is 1.23 bits per heavy atom. The normalized spacial score (nSPS) is 10.7. The molecular formula is C20H20ClFN4O3S. The average molecular weight is 451 g/mol. The SMILES string of the molecule is CCn1c(COc2ccccc2OC)nnc1SCC(=O)Nc1ccc(F)c(Cl)c1. The van der Waals surface area contributed by atoms with Gasteiger partial charge in [0, 0.05) is 12.2 Å². The number of nitrogens with one attached hydrogen (secondary N) is 1. The Bertz CT molecular complexity index is 1030. The molecule has 0 fully saturated rings. The number of rotatable bonds is 9. The second-order valence-corrected chi connectivity index (χ2v) is 7.40. The summed E-state index contributed by atoms with van der Waals surface area (Å²) in [6.07, 6.45) is 0. The summed E-state index contributed by atoms with van der Waals surface area (Å²) in [5.41, 5.74) is 0.426. The smallest absolute Gasteiger partial charge is 0.234 e. The minimum Gasteiger partial charge on any atom is -0.493 e. The van der Waals surface area contributed by atoms with Gasteiger partial charge in [0.25, 0.3) is 0 Å². The molecule has 0 aliphatic heterocycles. The molecule has 0 saturated carbocycles. The van der Waals surface area contributed by atoms with E-state index in [4.69, 9.17) is 21.1 Å². The zero-order valence-corrected chi connectivity index (χ0v) is 18.0. The molecule has 0 radical (unpaired) electrons. The van der Waals surface area contributed by atoms with E-state index in [0.717, 1.165) is 0 Å². The van der Waals surface area contributed by atoms with Gasteiger partial charge in [-0.2, -0.15) is 0 Å². The maximum absolute atomic E-state index is 13.2. The predicted molar refractivity (Wildman–Crippen MR) is 114 cm³/mol. The molecule has 0 bridgehead atoms. The highest BCUT2D eigenvalue weighted by Gasteiger charge is 2.15. The highest BCUT2D eigenvalue weighted by molar-refractivity contribution is 7.99. The summed E-state index contributed by atoms with van der Waals surface area (Å²) >= 11 is 6.98. The first kappa shape index (κ1) is 21.9. The minimum absolute atomic E-state index is 0.0501. The maximum atomic E-state index is 13.2. The Hall–Kier alpha value is -2.78. The highest BCUT2D eigenvalue weighted by Crippen LogP contribution is 2.27. The van der Waals surface area contributed by atoms with Gasteiger partial charge in [0.2, 0.25) is 5.91 Å². The zero-order valence-electron chi connectivity index (χ0n) is 16.4. The van der Waals surface area contributed by atoms with E-state index in [9.17, 15) is 9.18 Å². The number of aromatic nitrogens is 3. The van der Waals surface area contributed by atoms with Crippen LogP contribution in [0.1, 0.15) is 12.7 Å². The van der Waals surface area contributed by atoms with Crippen molar-refractivity contribution in [2.45, 2.75) is 25.2 Å². The number of thioether (sulfide) groups is 1. The van der Waals surface area contributed by atoms with Crippen LogP contribution in [0.25, 0.3) is 0 Å². The number of halogens is 2. The van der Waals surface area contributed by atoms with E-state index in [-0.39, 0.29) is 23.3 Å². The van der Waals surface area contributed by atoms with Gasteiger partial charge in [0.05, 0.1) is 17.9 Å². The van der Waals surface area contributed by atoms with Crippen molar-refractivity contribution < 1.29 is 18.7 Å². The third kappa shape index (κ3) is 5.43. The summed E-state index contributed by atoms with van der Waals surface area (Å²) in [6.45, 7) is 2.79. The van der Waals surface area contributed by atoms with Crippen molar-refractivity contribution in [1.29, 1.82) is 0 Å². The van der Waals surface area contributed by atoms with Gasteiger partial charge in [-0.3, -0.25) is 4.79 Å². The second kappa shape index (κ2) is 10.3. The maximum Gasteiger partial charge on any atom is 0.234 e. The fourth-order valence-corrected chi connectivity index (χ4v) is 3.63. The Labute approximate surface area is 182 Å². The Balaban J connectivity index is 1.59. The van der Waals surface area contributed by atoms with E-state index in [1.807, 2.05) is 35.8 Å². The highest BCUT2D eigenvalue weighted by atomic mass is 35.5. The molecule has 1 N–H and O–H groups in total. The Morgan fingerprint density at radius 2 is 2.00 bits per heavy atom. The zero-order chi connectivity index (χ0) is 21.5. The van der Waals surface area contributed by atoms with Crippen LogP contribution >= 0.6 is 23.4 Å². The van der Waals surface area contributed by atoms with Crippen molar-refractivity contribution in [2.75, 3.05) is 18.2 Å². The molecule has 158 valence electrons. The molecule has 0 aliphatic carbocycles. The lowest BCUT2D eigenvalue weighted by atomic mass is 10.3. The molecular weight excluding hydrogens is 431 g/mol. The number of carbonyl (C=O) groups excluding carboxylic acids is 1. The van der Waals surface area contributed by atoms with Crippen molar-refractivity contribution in [3.63, 3.8) is 0 Å². The second-order valence-electron chi connectivity index (χ2n) is 6.05. The average Bonchev–Trinajstić information content (AvgIpc) is 3.15. The van der Waals surface area contributed by atoms with E-state index in [0.29, 0.717) is 34.7 Å². The fourth-order valence-electron chi connectivity index (χ4n) is 2.63. The van der Waals surface area contributed by atoms with Crippen molar-refractivity contribution in [2.24, 2.45) is 0 Å². The molecule has 3 rings (SSSR count). The largest absolute Gasteiger partial charge is 0.493 e. The standard InChI is InChI=1S/C20H20ClFN4O3S/c1-3-26-18(11-29-17-7-5-4-6-16(17)28-2)24-25-20(26)30-12-19(27)23-13-8-9-15(22)14(21)10-13/h4-10H,3,11-12H2,1-2H3,(H,23,27). The molecule has 1 aromatic heterocycles. The summed E-state index contributed by atoms with van der Waals surface area (Å²) in [7, 11) is 1.58. The van der Waals surface area contributed by atoms with Gasteiger partial charge in [-0.25, -0.2) is 4.39 Å². The van der Waals surface area contributed by atoms with Crippen LogP contribution in [0.15, 0.2) is 47.6 Å². The molecule has 0 saturated heterocycles. The molecule has 30 heavy (non-hydrogen) atoms. The molecule has 3 aromatic rings. The van der Waals surface area contributed by atoms with Gasteiger partial charge in [0.15, 0.2) is 22.5 Å². The quantitative estimate of drug-likeness (QED) is 0.486. The van der Waals surface area contributed by atoms with Gasteiger partial charge < -0.3 is 19.4 Å². The van der Waals surface area contributed by atoms with E-state index >= 15 is 0 Å². The van der Waals surface area contributed by atoms with Crippen LogP contribution in [0.4, 0.5) is 10.1 Å². The summed E-state index contributed by atoms with van der Waals surface area (Å²) in [5.74, 6) is 1.18. The first-order valence-electron chi connectivity index (χ1n) is 9.07. The topological polar surface area (TPSA) is 78.3 Å². The molecule has 2 aromatic carbocycles. The number of ether oxygens (including phenoxy) is 2. The van der Waals surface area contributed by atoms with Crippen molar-refractivity contribution >= 4 is 35.0 Å². The number of nitrogens with zero attached hydrogens (tertiary/aromatic N) is 3. The number of hydrogen-bond donors (Lipinski definition) is 1. The molecule has 10 heteroatoms. The number of para-hydroxylation sites is 2. The third-order valence-corrected chi connectivity index (χ3v) is 5.33. The number of benzene rings is 2. The molecule has 7 nitrogen and oxygen atoms in total. The number of methoxy groups -OCH3 is 1. The van der Waals surface area contributed by atoms with Crippen LogP contribution < -0.4 is 14.8 Å². The molecule has 0 unspecified atom stereocenters. The minimum atomic E-state index is -0.539. The molecule has 0 atom stereocenters. The summed E-state index contributed by atoms with van der Waals surface area (Å²) in [6, 6.07) is 11.4. The summed E-state index contributed by atoms with van der Waals surface area (Å²) in [4.78, 5) is 12.2. The summed E-state index contributed by atoms with van der Waals surface area (Å²) in [5, 5.41) is 11.6. The predicted octanol–water partition coefficient (Wildman–Crippen LogP) is 4.41. The van der Waals surface area contributed by atoms with E-state index < -0.39 is 5.82 Å². The molecule has 1 amide bonds. The van der Waals surface area contributed by atoms with Crippen molar-refractivity contribution in [3.8, 4) is 11.5 Å². The lowest BCUT2D eigenvalue weighted by Crippen LogP contribution is -2.15. The van der Waals surface area contributed by atoms with Gasteiger partial charge in [-0.1, -0.05) is 35.5 Å². The lowest BCUT2D eigenvalue weighted by molar-refractivity contribution is -0.113. The van der Waals surface area contributed by atoms with Gasteiger partial charge in [-0.15, -0.1) is 10.2 Å². The lowest BCUT2D eigenvalue weighted by Gasteiger charge is -2.11. The number of carbonyl (C=O) groups is 1. The molecule has 0 aliphatic rings. The van der Waals surface area contributed by atoms with E-state index in [1.54, 1.807) is 7.11 Å². The molecule has 1 heterocycles. The monoisotopic (exact) mass is 450 g/mol. The van der Waals surface area contributed by atoms with E-state index in [2.05, 4.69) is 15.5 Å². The Morgan fingerprint density at radius 3 is 2.70 bits per heavy atom. The first-order valence-corrected chi connectivity index (χ1v) is 10.4. The van der Waals surface area contributed by atoms with Gasteiger partial charge in [0.1, 0.15) is 12.4 Å². The van der Waals surface area contributed by atoms with Gasteiger partial charge >= 0.3 is 0 Å². The van der Waals surface area contributed by atoms with Crippen molar-refractivity contribution in [1.82, 2.24) is 14.8 Å². The van der Waals surface area contributed by atoms with Crippen molar-refractivity contribution in [3.05, 3.63) is 59.1 Å². The number of anilines is 1. The summed E-state index contributed by atoms with van der Waals surface area (Å²) < 4.78 is 26.2. The molecule has 0 spiro atoms. The van der Waals surface area contributed by atoms with Crippen LogP contribution in [-0.2, 0) is 17.9 Å². The van der Waals surface area contributed by atoms with Crippen LogP contribution in [0.5, 0.6) is 11.5 Å². The number of hydrogen-bond acceptors (Lipinski definition) is 6. The van der Waals surface area contributed by atoms with Crippen LogP contribution in [0.3, 0.4) is 0 Å². The third-order valence-electron chi connectivity index (χ3n) is 4.07. The first-order chi connectivity index (χ1) is 14.5. The Kier molecular flexibility index (Phi) is 7.53. The fraction of sp³-hybridized carbons (Fsp3) is 0.250. The van der Waals surface area contributed by atoms with Crippen LogP contribution in [0, 0.1) is 5.82 Å². The van der Waals surface area contributed by atoms with E-state index in [1.165, 1.54) is 30.0 Å². The van der Waals surface area contributed by atoms with Crippen LogP contribution in [0.2, 0.25) is 5.02 Å². The number of amides is 1. The van der Waals surface area contributed by atoms with Gasteiger partial charge in [-0.05, 0) is 37.3 Å².